The average Bonchev–Trinajstić information content (AvgIpc) is 2.42. The molecule has 0 heterocycles. The lowest BCUT2D eigenvalue weighted by atomic mass is 10.4. The Hall–Kier alpha value is -2.25. The summed E-state index contributed by atoms with van der Waals surface area (Å²) in [6, 6.07) is 0. The van der Waals surface area contributed by atoms with Crippen molar-refractivity contribution in [1.29, 1.82) is 0 Å². The van der Waals surface area contributed by atoms with Gasteiger partial charge in [-0.15, -0.1) is 0 Å². The zero-order chi connectivity index (χ0) is 15.4. The first-order chi connectivity index (χ1) is 9.53. The van der Waals surface area contributed by atoms with Crippen molar-refractivity contribution in [3.63, 3.8) is 0 Å². The Morgan fingerprint density at radius 2 is 1.50 bits per heavy atom. The molecule has 0 fully saturated rings. The molecule has 0 N–H and O–H groups in total. The molecule has 1 atom stereocenters. The molecule has 0 aromatic heterocycles. The number of carbonyl (C=O) groups is 3. The molecule has 0 aromatic rings. The SMILES string of the molecule is C=CC(=O)OCC(COC(=O)OCC)OC(=O)OCC. The largest absolute Gasteiger partial charge is 0.508 e. The normalized spacial score (nSPS) is 10.9. The highest BCUT2D eigenvalue weighted by atomic mass is 16.8. The first kappa shape index (κ1) is 17.8. The first-order valence-corrected chi connectivity index (χ1v) is 5.95. The van der Waals surface area contributed by atoms with Crippen molar-refractivity contribution < 1.29 is 38.1 Å². The summed E-state index contributed by atoms with van der Waals surface area (Å²) in [4.78, 5) is 33.1. The van der Waals surface area contributed by atoms with Gasteiger partial charge in [0.2, 0.25) is 0 Å². The quantitative estimate of drug-likeness (QED) is 0.376. The van der Waals surface area contributed by atoms with E-state index >= 15 is 0 Å². The van der Waals surface area contributed by atoms with E-state index in [9.17, 15) is 14.4 Å². The molecule has 0 spiro atoms. The average molecular weight is 290 g/mol. The Kier molecular flexibility index (Phi) is 9.45. The van der Waals surface area contributed by atoms with Crippen LogP contribution in [0, 0.1) is 0 Å². The summed E-state index contributed by atoms with van der Waals surface area (Å²) in [5.41, 5.74) is 0. The Labute approximate surface area is 116 Å². The molecular formula is C12H18O8. The maximum absolute atomic E-state index is 11.2. The number of hydrogen-bond donors (Lipinski definition) is 0. The minimum atomic E-state index is -0.998. The van der Waals surface area contributed by atoms with Crippen molar-refractivity contribution >= 4 is 18.3 Å². The van der Waals surface area contributed by atoms with Crippen LogP contribution in [0.1, 0.15) is 13.8 Å². The van der Waals surface area contributed by atoms with Crippen LogP contribution in [0.2, 0.25) is 0 Å². The number of rotatable bonds is 8. The number of hydrogen-bond acceptors (Lipinski definition) is 8. The fraction of sp³-hybridized carbons (Fsp3) is 0.583. The molecule has 0 rings (SSSR count). The molecule has 20 heavy (non-hydrogen) atoms. The molecule has 0 aliphatic heterocycles. The smallest absolute Gasteiger partial charge is 0.458 e. The van der Waals surface area contributed by atoms with E-state index in [1.807, 2.05) is 0 Å². The predicted molar refractivity (Wildman–Crippen MR) is 66.0 cm³/mol. The van der Waals surface area contributed by atoms with E-state index < -0.39 is 24.4 Å². The lowest BCUT2D eigenvalue weighted by Crippen LogP contribution is -2.31. The van der Waals surface area contributed by atoms with E-state index in [0.717, 1.165) is 6.08 Å². The molecule has 0 bridgehead atoms. The molecule has 8 heteroatoms. The van der Waals surface area contributed by atoms with Gasteiger partial charge in [0.15, 0.2) is 6.10 Å². The van der Waals surface area contributed by atoms with E-state index in [4.69, 9.17) is 9.47 Å². The first-order valence-electron chi connectivity index (χ1n) is 5.95. The van der Waals surface area contributed by atoms with Gasteiger partial charge in [0, 0.05) is 6.08 Å². The van der Waals surface area contributed by atoms with Crippen LogP contribution in [0.25, 0.3) is 0 Å². The summed E-state index contributed by atoms with van der Waals surface area (Å²) in [6.07, 6.45) is -1.92. The van der Waals surface area contributed by atoms with Crippen molar-refractivity contribution in [1.82, 2.24) is 0 Å². The zero-order valence-corrected chi connectivity index (χ0v) is 11.5. The van der Waals surface area contributed by atoms with E-state index in [0.29, 0.717) is 0 Å². The van der Waals surface area contributed by atoms with Crippen LogP contribution in [-0.2, 0) is 28.5 Å². The standard InChI is InChI=1S/C12H18O8/c1-4-10(13)18-7-9(20-12(15)17-6-3)8-19-11(14)16-5-2/h4,9H,1,5-8H2,2-3H3. The summed E-state index contributed by atoms with van der Waals surface area (Å²) in [6.45, 7) is 6.06. The monoisotopic (exact) mass is 290 g/mol. The second-order valence-electron chi connectivity index (χ2n) is 3.25. The molecule has 0 radical (unpaired) electrons. The lowest BCUT2D eigenvalue weighted by molar-refractivity contribution is -0.142. The molecule has 0 aliphatic rings. The molecule has 0 saturated heterocycles. The van der Waals surface area contributed by atoms with Gasteiger partial charge in [-0.05, 0) is 13.8 Å². The van der Waals surface area contributed by atoms with Gasteiger partial charge in [-0.25, -0.2) is 14.4 Å². The van der Waals surface area contributed by atoms with E-state index in [1.165, 1.54) is 0 Å². The maximum Gasteiger partial charge on any atom is 0.508 e. The fourth-order valence-corrected chi connectivity index (χ4v) is 0.959. The second kappa shape index (κ2) is 10.7. The highest BCUT2D eigenvalue weighted by molar-refractivity contribution is 5.81. The Bertz CT molecular complexity index is 338. The van der Waals surface area contributed by atoms with Gasteiger partial charge in [0.25, 0.3) is 0 Å². The van der Waals surface area contributed by atoms with Crippen LogP contribution in [-0.4, -0.2) is 50.8 Å². The molecule has 1 unspecified atom stereocenters. The van der Waals surface area contributed by atoms with Crippen molar-refractivity contribution in [2.45, 2.75) is 20.0 Å². The van der Waals surface area contributed by atoms with Crippen molar-refractivity contribution in [2.24, 2.45) is 0 Å². The second-order valence-corrected chi connectivity index (χ2v) is 3.25. The van der Waals surface area contributed by atoms with Gasteiger partial charge < -0.3 is 23.7 Å². The van der Waals surface area contributed by atoms with Gasteiger partial charge in [-0.3, -0.25) is 0 Å². The van der Waals surface area contributed by atoms with Crippen LogP contribution < -0.4 is 0 Å². The van der Waals surface area contributed by atoms with Crippen molar-refractivity contribution in [2.75, 3.05) is 26.4 Å². The topological polar surface area (TPSA) is 97.4 Å². The van der Waals surface area contributed by atoms with Crippen LogP contribution >= 0.6 is 0 Å². The zero-order valence-electron chi connectivity index (χ0n) is 11.5. The van der Waals surface area contributed by atoms with Gasteiger partial charge in [0.1, 0.15) is 13.2 Å². The number of esters is 1. The van der Waals surface area contributed by atoms with Crippen LogP contribution in [0.15, 0.2) is 12.7 Å². The minimum absolute atomic E-state index is 0.122. The van der Waals surface area contributed by atoms with Crippen LogP contribution in [0.5, 0.6) is 0 Å². The summed E-state index contributed by atoms with van der Waals surface area (Å²) in [5, 5.41) is 0. The number of carbonyl (C=O) groups excluding carboxylic acids is 3. The molecule has 0 saturated carbocycles. The van der Waals surface area contributed by atoms with Crippen LogP contribution in [0.3, 0.4) is 0 Å². The third kappa shape index (κ3) is 8.78. The molecule has 114 valence electrons. The highest BCUT2D eigenvalue weighted by Gasteiger charge is 2.19. The summed E-state index contributed by atoms with van der Waals surface area (Å²) in [7, 11) is 0. The molecule has 8 nitrogen and oxygen atoms in total. The Balaban J connectivity index is 4.29. The number of ether oxygens (including phenoxy) is 5. The molecular weight excluding hydrogens is 272 g/mol. The van der Waals surface area contributed by atoms with Gasteiger partial charge >= 0.3 is 18.3 Å². The van der Waals surface area contributed by atoms with Gasteiger partial charge in [-0.1, -0.05) is 6.58 Å². The fourth-order valence-electron chi connectivity index (χ4n) is 0.959. The molecule has 0 aromatic carbocycles. The van der Waals surface area contributed by atoms with E-state index in [2.05, 4.69) is 20.8 Å². The lowest BCUT2D eigenvalue weighted by Gasteiger charge is -2.16. The maximum atomic E-state index is 11.2. The third-order valence-corrected chi connectivity index (χ3v) is 1.75. The molecule has 0 amide bonds. The van der Waals surface area contributed by atoms with Gasteiger partial charge in [-0.2, -0.15) is 0 Å². The van der Waals surface area contributed by atoms with Crippen LogP contribution in [0.4, 0.5) is 9.59 Å². The molecule has 0 aliphatic carbocycles. The summed E-state index contributed by atoms with van der Waals surface area (Å²) in [5.74, 6) is -0.696. The third-order valence-electron chi connectivity index (χ3n) is 1.75. The highest BCUT2D eigenvalue weighted by Crippen LogP contribution is 2.00. The minimum Gasteiger partial charge on any atom is -0.458 e. The summed E-state index contributed by atoms with van der Waals surface area (Å²) >= 11 is 0. The summed E-state index contributed by atoms with van der Waals surface area (Å²) < 4.78 is 23.3. The Morgan fingerprint density at radius 1 is 0.950 bits per heavy atom. The Morgan fingerprint density at radius 3 is 2.05 bits per heavy atom. The van der Waals surface area contributed by atoms with E-state index in [1.54, 1.807) is 13.8 Å². The van der Waals surface area contributed by atoms with Gasteiger partial charge in [0.05, 0.1) is 13.2 Å². The van der Waals surface area contributed by atoms with Crippen molar-refractivity contribution in [3.05, 3.63) is 12.7 Å². The van der Waals surface area contributed by atoms with Crippen molar-refractivity contribution in [3.8, 4) is 0 Å². The van der Waals surface area contributed by atoms with E-state index in [-0.39, 0.29) is 26.4 Å². The predicted octanol–water partition coefficient (Wildman–Crippen LogP) is 1.43.